The van der Waals surface area contributed by atoms with E-state index in [1.165, 1.54) is 16.7 Å². The Morgan fingerprint density at radius 3 is 2.48 bits per heavy atom. The van der Waals surface area contributed by atoms with Gasteiger partial charge in [-0.1, -0.05) is 74.8 Å². The minimum absolute atomic E-state index is 0.255. The van der Waals surface area contributed by atoms with E-state index >= 15 is 0 Å². The van der Waals surface area contributed by atoms with E-state index in [0.717, 1.165) is 17.6 Å². The normalized spacial score (nSPS) is 21.4. The molecule has 0 bridgehead atoms. The average Bonchev–Trinajstić information content (AvgIpc) is 3.07. The highest BCUT2D eigenvalue weighted by Gasteiger charge is 2.27. The summed E-state index contributed by atoms with van der Waals surface area (Å²) in [5.74, 6) is 0.255. The number of allylic oxidation sites excluding steroid dienone is 12. The van der Waals surface area contributed by atoms with Gasteiger partial charge >= 0.3 is 0 Å². The predicted octanol–water partition coefficient (Wildman–Crippen LogP) is 6.11. The van der Waals surface area contributed by atoms with Crippen molar-refractivity contribution in [1.82, 2.24) is 5.32 Å². The van der Waals surface area contributed by atoms with Crippen molar-refractivity contribution < 1.29 is 0 Å². The molecule has 0 aromatic carbocycles. The Bertz CT molecular complexity index is 732. The molecule has 0 spiro atoms. The summed E-state index contributed by atoms with van der Waals surface area (Å²) in [6.07, 6.45) is 23.9. The van der Waals surface area contributed by atoms with Gasteiger partial charge < -0.3 is 5.32 Å². The summed E-state index contributed by atoms with van der Waals surface area (Å²) in [6, 6.07) is 0.365. The molecule has 2 rings (SSSR count). The fraction of sp³-hybridized carbons (Fsp3) is 0.250. The SMILES string of the molecule is C=C(/C=C\C=C/C)C1=C(C(C)C(=C)/C=C\C=C/C)C=C2C=CNC2C1. The first-order valence-electron chi connectivity index (χ1n) is 8.92. The Kier molecular flexibility index (Phi) is 6.82. The van der Waals surface area contributed by atoms with E-state index in [-0.39, 0.29) is 5.92 Å². The molecule has 0 aromatic rings. The third-order valence-corrected chi connectivity index (χ3v) is 4.68. The van der Waals surface area contributed by atoms with Crippen LogP contribution in [0.2, 0.25) is 0 Å². The second kappa shape index (κ2) is 9.08. The van der Waals surface area contributed by atoms with Crippen molar-refractivity contribution in [2.45, 2.75) is 33.2 Å². The Balaban J connectivity index is 2.36. The Morgan fingerprint density at radius 1 is 1.12 bits per heavy atom. The molecular formula is C24H29N. The van der Waals surface area contributed by atoms with Crippen LogP contribution in [-0.2, 0) is 0 Å². The van der Waals surface area contributed by atoms with E-state index in [2.05, 4.69) is 61.9 Å². The monoisotopic (exact) mass is 331 g/mol. The zero-order valence-corrected chi connectivity index (χ0v) is 15.6. The molecule has 0 saturated heterocycles. The molecule has 0 aromatic heterocycles. The first-order valence-corrected chi connectivity index (χ1v) is 8.92. The molecule has 1 heteroatoms. The van der Waals surface area contributed by atoms with Crippen LogP contribution in [0.3, 0.4) is 0 Å². The maximum absolute atomic E-state index is 4.32. The van der Waals surface area contributed by atoms with Gasteiger partial charge in [0.05, 0.1) is 6.04 Å². The molecule has 1 heterocycles. The summed E-state index contributed by atoms with van der Waals surface area (Å²) >= 11 is 0. The van der Waals surface area contributed by atoms with Gasteiger partial charge in [0.2, 0.25) is 0 Å². The third-order valence-electron chi connectivity index (χ3n) is 4.68. The molecule has 2 aliphatic rings. The summed E-state index contributed by atoms with van der Waals surface area (Å²) in [7, 11) is 0. The lowest BCUT2D eigenvalue weighted by atomic mass is 9.79. The molecule has 0 amide bonds. The number of rotatable bonds is 7. The van der Waals surface area contributed by atoms with Crippen molar-refractivity contribution >= 4 is 0 Å². The van der Waals surface area contributed by atoms with Gasteiger partial charge in [0.25, 0.3) is 0 Å². The van der Waals surface area contributed by atoms with Gasteiger partial charge in [0.1, 0.15) is 0 Å². The lowest BCUT2D eigenvalue weighted by Crippen LogP contribution is -2.26. The zero-order valence-electron chi connectivity index (χ0n) is 15.6. The molecule has 2 unspecified atom stereocenters. The second-order valence-corrected chi connectivity index (χ2v) is 6.43. The van der Waals surface area contributed by atoms with Gasteiger partial charge in [-0.15, -0.1) is 0 Å². The average molecular weight is 332 g/mol. The Labute approximate surface area is 152 Å². The summed E-state index contributed by atoms with van der Waals surface area (Å²) in [4.78, 5) is 0. The predicted molar refractivity (Wildman–Crippen MR) is 111 cm³/mol. The van der Waals surface area contributed by atoms with Crippen molar-refractivity contribution in [1.29, 1.82) is 0 Å². The minimum Gasteiger partial charge on any atom is -0.384 e. The fourth-order valence-corrected chi connectivity index (χ4v) is 3.11. The van der Waals surface area contributed by atoms with Gasteiger partial charge in [-0.2, -0.15) is 0 Å². The first kappa shape index (κ1) is 18.8. The highest BCUT2D eigenvalue weighted by atomic mass is 14.9. The van der Waals surface area contributed by atoms with E-state index in [0.29, 0.717) is 6.04 Å². The smallest absolute Gasteiger partial charge is 0.0549 e. The highest BCUT2D eigenvalue weighted by Crippen LogP contribution is 2.37. The van der Waals surface area contributed by atoms with Gasteiger partial charge in [-0.25, -0.2) is 0 Å². The van der Waals surface area contributed by atoms with Gasteiger partial charge in [-0.3, -0.25) is 0 Å². The van der Waals surface area contributed by atoms with Crippen LogP contribution in [0, 0.1) is 5.92 Å². The molecule has 2 atom stereocenters. The van der Waals surface area contributed by atoms with E-state index in [1.807, 2.05) is 44.4 Å². The second-order valence-electron chi connectivity index (χ2n) is 6.43. The maximum Gasteiger partial charge on any atom is 0.0549 e. The van der Waals surface area contributed by atoms with Crippen molar-refractivity contribution in [3.63, 3.8) is 0 Å². The van der Waals surface area contributed by atoms with Crippen molar-refractivity contribution in [3.8, 4) is 0 Å². The van der Waals surface area contributed by atoms with E-state index in [4.69, 9.17) is 0 Å². The molecule has 130 valence electrons. The van der Waals surface area contributed by atoms with Crippen molar-refractivity contribution in [3.05, 3.63) is 108 Å². The number of hydrogen-bond acceptors (Lipinski definition) is 1. The lowest BCUT2D eigenvalue weighted by Gasteiger charge is -2.28. The Morgan fingerprint density at radius 2 is 1.80 bits per heavy atom. The van der Waals surface area contributed by atoms with Gasteiger partial charge in [-0.05, 0) is 60.4 Å². The van der Waals surface area contributed by atoms with Crippen LogP contribution in [0.4, 0.5) is 0 Å². The topological polar surface area (TPSA) is 12.0 Å². The lowest BCUT2D eigenvalue weighted by molar-refractivity contribution is 0.670. The van der Waals surface area contributed by atoms with E-state index in [1.54, 1.807) is 0 Å². The van der Waals surface area contributed by atoms with Crippen LogP contribution in [0.5, 0.6) is 0 Å². The number of hydrogen-bond donors (Lipinski definition) is 1. The summed E-state index contributed by atoms with van der Waals surface area (Å²) in [5.41, 5.74) is 6.18. The number of nitrogens with one attached hydrogen (secondary N) is 1. The minimum atomic E-state index is 0.255. The Hall–Kier alpha value is -2.54. The molecule has 25 heavy (non-hydrogen) atoms. The standard InChI is InChI=1S/C24H29N/c1-6-8-10-12-18(3)20(5)23-16-21-14-15-25-24(21)17-22(23)19(4)13-11-9-7-2/h6-16,20,24-25H,3-4,17H2,1-2,5H3/b8-6-,9-7-,12-10-,13-11-. The van der Waals surface area contributed by atoms with Gasteiger partial charge in [0, 0.05) is 5.92 Å². The van der Waals surface area contributed by atoms with E-state index < -0.39 is 0 Å². The van der Waals surface area contributed by atoms with Crippen molar-refractivity contribution in [2.24, 2.45) is 5.92 Å². The van der Waals surface area contributed by atoms with Crippen molar-refractivity contribution in [2.75, 3.05) is 0 Å². The fourth-order valence-electron chi connectivity index (χ4n) is 3.11. The molecule has 0 fully saturated rings. The largest absolute Gasteiger partial charge is 0.384 e. The summed E-state index contributed by atoms with van der Waals surface area (Å²) in [5, 5.41) is 3.43. The summed E-state index contributed by atoms with van der Waals surface area (Å²) in [6.45, 7) is 14.9. The highest BCUT2D eigenvalue weighted by molar-refractivity contribution is 5.55. The quantitative estimate of drug-likeness (QED) is 0.555. The molecule has 1 aliphatic heterocycles. The molecule has 1 aliphatic carbocycles. The van der Waals surface area contributed by atoms with Crippen LogP contribution in [0.25, 0.3) is 0 Å². The van der Waals surface area contributed by atoms with Gasteiger partial charge in [0.15, 0.2) is 0 Å². The zero-order chi connectivity index (χ0) is 18.2. The van der Waals surface area contributed by atoms with Crippen LogP contribution in [-0.4, -0.2) is 6.04 Å². The molecule has 1 nitrogen and oxygen atoms in total. The third kappa shape index (κ3) is 4.73. The van der Waals surface area contributed by atoms with Crippen LogP contribution < -0.4 is 5.32 Å². The molecule has 1 N–H and O–H groups in total. The molecule has 0 saturated carbocycles. The van der Waals surface area contributed by atoms with Crippen LogP contribution >= 0.6 is 0 Å². The first-order chi connectivity index (χ1) is 12.1. The number of fused-ring (bicyclic) bond motifs is 1. The van der Waals surface area contributed by atoms with E-state index in [9.17, 15) is 0 Å². The maximum atomic E-state index is 4.32. The van der Waals surface area contributed by atoms with Crippen LogP contribution in [0.15, 0.2) is 108 Å². The molecule has 0 radical (unpaired) electrons. The van der Waals surface area contributed by atoms with Crippen LogP contribution in [0.1, 0.15) is 27.2 Å². The summed E-state index contributed by atoms with van der Waals surface area (Å²) < 4.78 is 0. The molecular weight excluding hydrogens is 302 g/mol.